The van der Waals surface area contributed by atoms with Crippen LogP contribution in [0.5, 0.6) is 0 Å². The summed E-state index contributed by atoms with van der Waals surface area (Å²) < 4.78 is 10.1. The quantitative estimate of drug-likeness (QED) is 0.228. The predicted molar refractivity (Wildman–Crippen MR) is 157 cm³/mol. The first-order chi connectivity index (χ1) is 19.8. The number of rotatable bonds is 11. The molecule has 13 heteroatoms. The summed E-state index contributed by atoms with van der Waals surface area (Å²) in [5.74, 6) is -0.415. The van der Waals surface area contributed by atoms with Crippen LogP contribution in [0, 0.1) is 0 Å². The standard InChI is InChI=1S/C28H32ClN7O5/c1-4-35-11-12-36(17-24(37)41-14-13-40-3)27(39)20-10-9-18(15-23(20)35)32-28-31-16-21(29)25(34-28)33-22-8-6-5-7-19(22)26(38)30-2/h5-10,15-16H,4,11-14,17H2,1-3H3,(H,30,38)(H2,31,32,33,34). The van der Waals surface area contributed by atoms with Crippen molar-refractivity contribution in [3.8, 4) is 0 Å². The second-order valence-corrected chi connectivity index (χ2v) is 9.42. The number of carbonyl (C=O) groups excluding carboxylic acids is 3. The lowest BCUT2D eigenvalue weighted by Crippen LogP contribution is -2.39. The molecule has 216 valence electrons. The van der Waals surface area contributed by atoms with Crippen molar-refractivity contribution in [2.45, 2.75) is 6.92 Å². The van der Waals surface area contributed by atoms with Crippen LogP contribution >= 0.6 is 11.6 Å². The molecule has 2 heterocycles. The maximum absolute atomic E-state index is 13.4. The van der Waals surface area contributed by atoms with Gasteiger partial charge in [-0.3, -0.25) is 14.4 Å². The monoisotopic (exact) mass is 581 g/mol. The number of aromatic nitrogens is 2. The van der Waals surface area contributed by atoms with E-state index in [-0.39, 0.29) is 35.9 Å². The number of nitrogens with zero attached hydrogens (tertiary/aromatic N) is 4. The van der Waals surface area contributed by atoms with Gasteiger partial charge in [0, 0.05) is 39.5 Å². The summed E-state index contributed by atoms with van der Waals surface area (Å²) in [6, 6.07) is 12.3. The van der Waals surface area contributed by atoms with E-state index in [0.29, 0.717) is 54.6 Å². The summed E-state index contributed by atoms with van der Waals surface area (Å²) in [7, 11) is 3.08. The SMILES string of the molecule is CCN1CCN(CC(=O)OCCOC)C(=O)c2ccc(Nc3ncc(Cl)c(Nc4ccccc4C(=O)NC)n3)cc21. The van der Waals surface area contributed by atoms with Gasteiger partial charge in [-0.25, -0.2) is 4.98 Å². The van der Waals surface area contributed by atoms with Crippen molar-refractivity contribution in [3.63, 3.8) is 0 Å². The number of hydrogen-bond donors (Lipinski definition) is 3. The van der Waals surface area contributed by atoms with Gasteiger partial charge in [-0.05, 0) is 37.3 Å². The summed E-state index contributed by atoms with van der Waals surface area (Å²) in [6.07, 6.45) is 1.46. The van der Waals surface area contributed by atoms with Gasteiger partial charge >= 0.3 is 5.97 Å². The van der Waals surface area contributed by atoms with Crippen LogP contribution in [0.15, 0.2) is 48.7 Å². The van der Waals surface area contributed by atoms with Crippen LogP contribution in [0.4, 0.5) is 28.8 Å². The molecule has 0 unspecified atom stereocenters. The van der Waals surface area contributed by atoms with Gasteiger partial charge in [0.05, 0.1) is 35.3 Å². The van der Waals surface area contributed by atoms with Crippen molar-refractivity contribution in [1.82, 2.24) is 20.2 Å². The molecular weight excluding hydrogens is 550 g/mol. The number of hydrogen-bond acceptors (Lipinski definition) is 10. The number of benzene rings is 2. The molecule has 0 saturated heterocycles. The highest BCUT2D eigenvalue weighted by molar-refractivity contribution is 6.33. The van der Waals surface area contributed by atoms with E-state index in [1.807, 2.05) is 13.0 Å². The zero-order valence-electron chi connectivity index (χ0n) is 23.1. The topological polar surface area (TPSA) is 138 Å². The van der Waals surface area contributed by atoms with Crippen LogP contribution < -0.4 is 20.9 Å². The maximum atomic E-state index is 13.4. The third-order valence-corrected chi connectivity index (χ3v) is 6.68. The van der Waals surface area contributed by atoms with E-state index >= 15 is 0 Å². The first-order valence-corrected chi connectivity index (χ1v) is 13.4. The Labute approximate surface area is 243 Å². The van der Waals surface area contributed by atoms with Gasteiger partial charge in [-0.1, -0.05) is 23.7 Å². The number of carbonyl (C=O) groups is 3. The van der Waals surface area contributed by atoms with E-state index in [9.17, 15) is 14.4 Å². The number of methoxy groups -OCH3 is 1. The lowest BCUT2D eigenvalue weighted by atomic mass is 10.1. The number of nitrogens with one attached hydrogen (secondary N) is 3. The Morgan fingerprint density at radius 1 is 1.07 bits per heavy atom. The molecule has 4 rings (SSSR count). The summed E-state index contributed by atoms with van der Waals surface area (Å²) in [6.45, 7) is 3.86. The van der Waals surface area contributed by atoms with Crippen molar-refractivity contribution in [3.05, 3.63) is 64.8 Å². The van der Waals surface area contributed by atoms with Gasteiger partial charge in [0.2, 0.25) is 5.95 Å². The van der Waals surface area contributed by atoms with Gasteiger partial charge in [0.15, 0.2) is 5.82 Å². The number of likely N-dealkylation sites (N-methyl/N-ethyl adjacent to an activating group) is 1. The zero-order valence-corrected chi connectivity index (χ0v) is 23.8. The summed E-state index contributed by atoms with van der Waals surface area (Å²) in [5, 5.41) is 9.17. The van der Waals surface area contributed by atoms with Crippen LogP contribution in [0.25, 0.3) is 0 Å². The molecule has 3 aromatic rings. The third kappa shape index (κ3) is 7.21. The molecule has 2 aromatic carbocycles. The van der Waals surface area contributed by atoms with Crippen LogP contribution in [0.1, 0.15) is 27.6 Å². The average molecular weight is 582 g/mol. The Morgan fingerprint density at radius 2 is 1.85 bits per heavy atom. The molecule has 0 fully saturated rings. The molecule has 1 aromatic heterocycles. The van der Waals surface area contributed by atoms with Crippen molar-refractivity contribution < 1.29 is 23.9 Å². The molecule has 0 bridgehead atoms. The van der Waals surface area contributed by atoms with Crippen LogP contribution in [-0.4, -0.2) is 86.2 Å². The molecule has 0 aliphatic carbocycles. The fourth-order valence-electron chi connectivity index (χ4n) is 4.30. The van der Waals surface area contributed by atoms with Crippen molar-refractivity contribution in [2.24, 2.45) is 0 Å². The smallest absolute Gasteiger partial charge is 0.325 e. The van der Waals surface area contributed by atoms with Crippen molar-refractivity contribution >= 4 is 58.2 Å². The second-order valence-electron chi connectivity index (χ2n) is 9.02. The molecule has 0 spiro atoms. The Kier molecular flexibility index (Phi) is 9.93. The fraction of sp³-hybridized carbons (Fsp3) is 0.321. The molecule has 0 radical (unpaired) electrons. The highest BCUT2D eigenvalue weighted by Gasteiger charge is 2.28. The van der Waals surface area contributed by atoms with Gasteiger partial charge in [-0.15, -0.1) is 0 Å². The summed E-state index contributed by atoms with van der Waals surface area (Å²) >= 11 is 6.36. The first-order valence-electron chi connectivity index (χ1n) is 13.0. The number of halogens is 1. The molecular formula is C28H32ClN7O5. The normalized spacial score (nSPS) is 12.8. The van der Waals surface area contributed by atoms with Crippen LogP contribution in [-0.2, 0) is 14.3 Å². The summed E-state index contributed by atoms with van der Waals surface area (Å²) in [5.41, 5.74) is 2.83. The van der Waals surface area contributed by atoms with Gasteiger partial charge < -0.3 is 35.2 Å². The van der Waals surface area contributed by atoms with E-state index in [0.717, 1.165) is 5.69 Å². The minimum absolute atomic E-state index is 0.134. The number of esters is 1. The Morgan fingerprint density at radius 3 is 2.61 bits per heavy atom. The highest BCUT2D eigenvalue weighted by atomic mass is 35.5. The Hall–Kier alpha value is -4.42. The number of amides is 2. The van der Waals surface area contributed by atoms with Crippen LogP contribution in [0.3, 0.4) is 0 Å². The molecule has 1 aliphatic rings. The fourth-order valence-corrected chi connectivity index (χ4v) is 4.44. The summed E-state index contributed by atoms with van der Waals surface area (Å²) in [4.78, 5) is 50.2. The largest absolute Gasteiger partial charge is 0.462 e. The number of ether oxygens (including phenoxy) is 2. The predicted octanol–water partition coefficient (Wildman–Crippen LogP) is 3.45. The maximum Gasteiger partial charge on any atom is 0.325 e. The van der Waals surface area contributed by atoms with E-state index < -0.39 is 5.97 Å². The second kappa shape index (κ2) is 13.8. The third-order valence-electron chi connectivity index (χ3n) is 6.40. The number of fused-ring (bicyclic) bond motifs is 1. The van der Waals surface area contributed by atoms with Gasteiger partial charge in [-0.2, -0.15) is 4.98 Å². The first kappa shape index (κ1) is 29.6. The zero-order chi connectivity index (χ0) is 29.4. The molecule has 0 saturated carbocycles. The molecule has 41 heavy (non-hydrogen) atoms. The molecule has 0 atom stereocenters. The Bertz CT molecular complexity index is 1420. The number of para-hydroxylation sites is 1. The van der Waals surface area contributed by atoms with E-state index in [4.69, 9.17) is 21.1 Å². The lowest BCUT2D eigenvalue weighted by molar-refractivity contribution is -0.145. The lowest BCUT2D eigenvalue weighted by Gasteiger charge is -2.23. The van der Waals surface area contributed by atoms with Crippen LogP contribution in [0.2, 0.25) is 5.02 Å². The minimum Gasteiger partial charge on any atom is -0.462 e. The number of anilines is 5. The van der Waals surface area contributed by atoms with E-state index in [1.54, 1.807) is 43.4 Å². The highest BCUT2D eigenvalue weighted by Crippen LogP contribution is 2.31. The molecule has 1 aliphatic heterocycles. The Balaban J connectivity index is 1.54. The molecule has 12 nitrogen and oxygen atoms in total. The molecule has 3 N–H and O–H groups in total. The van der Waals surface area contributed by atoms with Crippen molar-refractivity contribution in [1.29, 1.82) is 0 Å². The van der Waals surface area contributed by atoms with E-state index in [2.05, 4.69) is 30.8 Å². The molecule has 2 amide bonds. The van der Waals surface area contributed by atoms with Crippen molar-refractivity contribution in [2.75, 3.05) is 69.1 Å². The van der Waals surface area contributed by atoms with E-state index in [1.165, 1.54) is 18.2 Å². The van der Waals surface area contributed by atoms with Gasteiger partial charge in [0.25, 0.3) is 11.8 Å². The minimum atomic E-state index is -0.484. The average Bonchev–Trinajstić information content (AvgIpc) is 3.10. The van der Waals surface area contributed by atoms with Gasteiger partial charge in [0.1, 0.15) is 18.2 Å².